The topological polar surface area (TPSA) is 160 Å². The second kappa shape index (κ2) is 12.1. The van der Waals surface area contributed by atoms with Gasteiger partial charge in [-0.15, -0.1) is 0 Å². The zero-order chi connectivity index (χ0) is 29.0. The van der Waals surface area contributed by atoms with Crippen LogP contribution in [0.15, 0.2) is 52.5 Å². The highest BCUT2D eigenvalue weighted by atomic mass is 32.2. The van der Waals surface area contributed by atoms with Gasteiger partial charge in [0.1, 0.15) is 17.4 Å². The van der Waals surface area contributed by atoms with Crippen molar-refractivity contribution in [3.05, 3.63) is 65.4 Å². The molecule has 2 heterocycles. The number of hydrogen-bond acceptors (Lipinski definition) is 10. The van der Waals surface area contributed by atoms with Crippen molar-refractivity contribution < 1.29 is 37.1 Å². The van der Waals surface area contributed by atoms with Crippen LogP contribution in [-0.2, 0) is 20.3 Å². The van der Waals surface area contributed by atoms with Crippen molar-refractivity contribution in [1.82, 2.24) is 9.88 Å². The highest BCUT2D eigenvalue weighted by Crippen LogP contribution is 2.38. The molecule has 2 aromatic carbocycles. The fourth-order valence-corrected chi connectivity index (χ4v) is 4.77. The van der Waals surface area contributed by atoms with Crippen molar-refractivity contribution in [2.24, 2.45) is 10.7 Å². The van der Waals surface area contributed by atoms with Crippen molar-refractivity contribution in [3.8, 4) is 28.9 Å². The van der Waals surface area contributed by atoms with Crippen LogP contribution < -0.4 is 15.2 Å². The molecule has 1 atom stereocenters. The van der Waals surface area contributed by atoms with Crippen molar-refractivity contribution in [2.45, 2.75) is 11.3 Å². The summed E-state index contributed by atoms with van der Waals surface area (Å²) in [7, 11) is 1.43. The van der Waals surface area contributed by atoms with E-state index in [1.165, 1.54) is 43.5 Å². The third-order valence-corrected chi connectivity index (χ3v) is 7.18. The van der Waals surface area contributed by atoms with E-state index in [1.807, 2.05) is 4.90 Å². The number of aliphatic imine (C=N–C) groups is 1. The summed E-state index contributed by atoms with van der Waals surface area (Å²) in [6.45, 7) is 1.06. The lowest BCUT2D eigenvalue weighted by Gasteiger charge is -2.19. The maximum Gasteiger partial charge on any atom is 0.306 e. The van der Waals surface area contributed by atoms with Gasteiger partial charge in [-0.2, -0.15) is 4.39 Å². The molecular formula is C26H25F2N5O6S. The first-order valence-electron chi connectivity index (χ1n) is 11.8. The van der Waals surface area contributed by atoms with Gasteiger partial charge in [0.25, 0.3) is 5.88 Å². The number of likely N-dealkylation sites (N-methyl/N-ethyl adjacent to an activating group) is 1. The summed E-state index contributed by atoms with van der Waals surface area (Å²) in [6, 6.07) is 8.16. The van der Waals surface area contributed by atoms with Crippen LogP contribution in [0.2, 0.25) is 0 Å². The van der Waals surface area contributed by atoms with Gasteiger partial charge in [0, 0.05) is 29.8 Å². The fraction of sp³-hybridized carbons (Fsp3) is 0.231. The van der Waals surface area contributed by atoms with Gasteiger partial charge in [-0.05, 0) is 36.4 Å². The van der Waals surface area contributed by atoms with Crippen LogP contribution in [0, 0.1) is 17.0 Å². The molecular weight excluding hydrogens is 548 g/mol. The number of pyridine rings is 1. The second-order valence-electron chi connectivity index (χ2n) is 8.52. The average molecular weight is 574 g/mol. The molecule has 0 fully saturated rings. The van der Waals surface area contributed by atoms with Gasteiger partial charge in [-0.1, -0.05) is 0 Å². The van der Waals surface area contributed by atoms with Gasteiger partial charge >= 0.3 is 5.97 Å². The number of carbonyl (C=O) groups excluding carboxylic acids is 1. The lowest BCUT2D eigenvalue weighted by atomic mass is 10.1. The summed E-state index contributed by atoms with van der Waals surface area (Å²) in [4.78, 5) is 21.7. The molecule has 0 bridgehead atoms. The molecule has 1 aliphatic heterocycles. The molecule has 0 saturated heterocycles. The molecule has 1 aliphatic rings. The van der Waals surface area contributed by atoms with Gasteiger partial charge in [0.2, 0.25) is 11.6 Å². The van der Waals surface area contributed by atoms with Crippen molar-refractivity contribution in [3.63, 3.8) is 0 Å². The Morgan fingerprint density at radius 1 is 1.20 bits per heavy atom. The monoisotopic (exact) mass is 573 g/mol. The molecule has 4 rings (SSSR count). The molecule has 0 spiro atoms. The quantitative estimate of drug-likeness (QED) is 0.188. The molecule has 0 aliphatic carbocycles. The van der Waals surface area contributed by atoms with E-state index in [4.69, 9.17) is 20.6 Å². The number of carbonyl (C=O) groups is 1. The molecule has 11 nitrogen and oxygen atoms in total. The average Bonchev–Trinajstić information content (AvgIpc) is 3.37. The molecule has 1 unspecified atom stereocenters. The minimum absolute atomic E-state index is 0.0117. The summed E-state index contributed by atoms with van der Waals surface area (Å²) in [5.74, 6) is -4.97. The van der Waals surface area contributed by atoms with Crippen LogP contribution in [0.5, 0.6) is 28.9 Å². The Balaban J connectivity index is 1.69. The molecule has 14 heteroatoms. The first-order valence-corrected chi connectivity index (χ1v) is 13.1. The van der Waals surface area contributed by atoms with E-state index in [2.05, 4.69) is 14.7 Å². The van der Waals surface area contributed by atoms with Gasteiger partial charge in [0.15, 0.2) is 17.3 Å². The standard InChI is InChI=1S/C26H25F2N5O6S/c1-33-9-8-31-25(33)16-12-15(40(36)10-7-21(35)37-2)4-6-19(16)38-23-17(27)13-32-26(22(23)28)39-20-11-14(24(29)30)3-5-18(20)34/h3-6,11-13,34H,7-10H2,1-2H3,(H3,29,30). The highest BCUT2D eigenvalue weighted by Gasteiger charge is 2.25. The number of esters is 1. The van der Waals surface area contributed by atoms with E-state index in [9.17, 15) is 18.5 Å². The number of hydrogen-bond donors (Lipinski definition) is 3. The molecule has 0 amide bonds. The number of nitrogen functional groups attached to an aromatic ring is 1. The number of nitrogens with one attached hydrogen (secondary N) is 1. The SMILES string of the molecule is COC(=O)CCS(=O)c1ccc(Oc2c(F)cnc(Oc3cc(C(=N)N)ccc3O)c2F)c(C2=NCCN2C)c1. The van der Waals surface area contributed by atoms with Crippen LogP contribution in [0.1, 0.15) is 17.5 Å². The lowest BCUT2D eigenvalue weighted by Crippen LogP contribution is -2.24. The van der Waals surface area contributed by atoms with Crippen LogP contribution in [0.3, 0.4) is 0 Å². The summed E-state index contributed by atoms with van der Waals surface area (Å²) >= 11 is 0. The normalized spacial score (nSPS) is 13.5. The number of phenolic OH excluding ortho intramolecular Hbond substituents is 1. The highest BCUT2D eigenvalue weighted by molar-refractivity contribution is 7.85. The first kappa shape index (κ1) is 28.4. The largest absolute Gasteiger partial charge is 0.504 e. The van der Waals surface area contributed by atoms with E-state index in [-0.39, 0.29) is 35.1 Å². The third-order valence-electron chi connectivity index (χ3n) is 5.82. The number of halogens is 2. The van der Waals surface area contributed by atoms with Crippen molar-refractivity contribution >= 4 is 28.4 Å². The Labute approximate surface area is 230 Å². The molecule has 1 aromatic heterocycles. The Morgan fingerprint density at radius 3 is 2.65 bits per heavy atom. The minimum Gasteiger partial charge on any atom is -0.504 e. The Kier molecular flexibility index (Phi) is 8.58. The van der Waals surface area contributed by atoms with Crippen LogP contribution in [0.25, 0.3) is 0 Å². The summed E-state index contributed by atoms with van der Waals surface area (Å²) in [6.07, 6.45) is 0.632. The Bertz CT molecular complexity index is 1530. The van der Waals surface area contributed by atoms with Gasteiger partial charge in [-0.25, -0.2) is 9.37 Å². The van der Waals surface area contributed by atoms with Crippen molar-refractivity contribution in [1.29, 1.82) is 5.41 Å². The molecule has 0 saturated carbocycles. The molecule has 40 heavy (non-hydrogen) atoms. The first-order chi connectivity index (χ1) is 19.1. The minimum atomic E-state index is -1.58. The van der Waals surface area contributed by atoms with Gasteiger partial charge < -0.3 is 30.0 Å². The van der Waals surface area contributed by atoms with E-state index in [1.54, 1.807) is 7.05 Å². The lowest BCUT2D eigenvalue weighted by molar-refractivity contribution is -0.140. The molecule has 0 radical (unpaired) electrons. The Morgan fingerprint density at radius 2 is 1.98 bits per heavy atom. The second-order valence-corrected chi connectivity index (χ2v) is 10.1. The number of phenols is 1. The zero-order valence-electron chi connectivity index (χ0n) is 21.4. The number of aromatic nitrogens is 1. The summed E-state index contributed by atoms with van der Waals surface area (Å²) in [5, 5.41) is 17.6. The van der Waals surface area contributed by atoms with E-state index in [0.29, 0.717) is 35.6 Å². The Hall–Kier alpha value is -4.59. The summed E-state index contributed by atoms with van der Waals surface area (Å²) < 4.78 is 58.7. The third kappa shape index (κ3) is 6.17. The van der Waals surface area contributed by atoms with Crippen LogP contribution in [0.4, 0.5) is 8.78 Å². The number of aromatic hydroxyl groups is 1. The fourth-order valence-electron chi connectivity index (χ4n) is 3.71. The number of ether oxygens (including phenoxy) is 3. The van der Waals surface area contributed by atoms with Crippen LogP contribution >= 0.6 is 0 Å². The van der Waals surface area contributed by atoms with E-state index < -0.39 is 45.8 Å². The number of methoxy groups -OCH3 is 1. The number of nitrogens with zero attached hydrogens (tertiary/aromatic N) is 3. The number of benzene rings is 2. The predicted molar refractivity (Wildman–Crippen MR) is 142 cm³/mol. The van der Waals surface area contributed by atoms with Crippen LogP contribution in [-0.4, -0.2) is 69.8 Å². The molecule has 210 valence electrons. The number of rotatable bonds is 10. The summed E-state index contributed by atoms with van der Waals surface area (Å²) in [5.41, 5.74) is 5.99. The van der Waals surface area contributed by atoms with E-state index >= 15 is 4.39 Å². The zero-order valence-corrected chi connectivity index (χ0v) is 22.3. The molecule has 4 N–H and O–H groups in total. The van der Waals surface area contributed by atoms with E-state index in [0.717, 1.165) is 0 Å². The van der Waals surface area contributed by atoms with Gasteiger partial charge in [0.05, 0.1) is 42.6 Å². The van der Waals surface area contributed by atoms with Gasteiger partial charge in [-0.3, -0.25) is 19.4 Å². The maximum atomic E-state index is 15.5. The maximum absolute atomic E-state index is 15.5. The molecule has 3 aromatic rings. The predicted octanol–water partition coefficient (Wildman–Crippen LogP) is 3.30. The smallest absolute Gasteiger partial charge is 0.306 e. The number of amidine groups is 2. The van der Waals surface area contributed by atoms with Crippen molar-refractivity contribution in [2.75, 3.05) is 33.0 Å². The number of nitrogens with two attached hydrogens (primary N) is 1.